The molecule has 4 heteroatoms. The lowest BCUT2D eigenvalue weighted by Gasteiger charge is -2.19. The molecule has 1 aliphatic heterocycles. The van der Waals surface area contributed by atoms with Crippen LogP contribution in [-0.2, 0) is 4.74 Å². The third-order valence-corrected chi connectivity index (χ3v) is 6.06. The van der Waals surface area contributed by atoms with Crippen molar-refractivity contribution in [2.24, 2.45) is 0 Å². The monoisotopic (exact) mass is 371 g/mol. The molecule has 1 aliphatic rings. The fraction of sp³-hybridized carbons (Fsp3) is 0.647. The normalized spacial score (nSPS) is 19.8. The summed E-state index contributed by atoms with van der Waals surface area (Å²) in [6, 6.07) is 9.06. The van der Waals surface area contributed by atoms with Crippen LogP contribution >= 0.6 is 27.7 Å². The summed E-state index contributed by atoms with van der Waals surface area (Å²) in [6.07, 6.45) is 6.77. The van der Waals surface area contributed by atoms with Crippen LogP contribution in [0.5, 0.6) is 0 Å². The van der Waals surface area contributed by atoms with Crippen LogP contribution in [-0.4, -0.2) is 31.1 Å². The van der Waals surface area contributed by atoms with E-state index in [0.717, 1.165) is 18.9 Å². The van der Waals surface area contributed by atoms with E-state index in [9.17, 15) is 0 Å². The smallest absolute Gasteiger partial charge is 0.0576 e. The number of rotatable bonds is 9. The van der Waals surface area contributed by atoms with Crippen LogP contribution in [0.3, 0.4) is 0 Å². The van der Waals surface area contributed by atoms with E-state index in [-0.39, 0.29) is 0 Å². The first-order valence-electron chi connectivity index (χ1n) is 8.02. The molecule has 0 saturated carbocycles. The standard InChI is InChI=1S/C17H26BrNOS/c1-2-19-14(7-5-8-15-9-6-12-20-15)13-21-17-11-4-3-10-16(17)18/h3-4,10-11,14-15,19H,2,5-9,12-13H2,1H3. The minimum Gasteiger partial charge on any atom is -0.378 e. The summed E-state index contributed by atoms with van der Waals surface area (Å²) >= 11 is 5.56. The van der Waals surface area contributed by atoms with Crippen molar-refractivity contribution in [1.82, 2.24) is 5.32 Å². The maximum absolute atomic E-state index is 5.71. The maximum atomic E-state index is 5.71. The van der Waals surface area contributed by atoms with Gasteiger partial charge in [-0.25, -0.2) is 0 Å². The van der Waals surface area contributed by atoms with E-state index in [4.69, 9.17) is 4.74 Å². The number of halogens is 1. The molecule has 118 valence electrons. The number of thioether (sulfide) groups is 1. The molecule has 2 atom stereocenters. The van der Waals surface area contributed by atoms with E-state index in [1.807, 2.05) is 11.8 Å². The molecule has 0 radical (unpaired) electrons. The number of hydrogen-bond acceptors (Lipinski definition) is 3. The van der Waals surface area contributed by atoms with Gasteiger partial charge in [-0.3, -0.25) is 0 Å². The largest absolute Gasteiger partial charge is 0.378 e. The fourth-order valence-corrected chi connectivity index (χ4v) is 4.42. The Hall–Kier alpha value is -0.0300. The molecule has 0 aromatic heterocycles. The molecule has 21 heavy (non-hydrogen) atoms. The molecule has 1 heterocycles. The van der Waals surface area contributed by atoms with E-state index < -0.39 is 0 Å². The predicted octanol–water partition coefficient (Wildman–Crippen LogP) is 4.87. The lowest BCUT2D eigenvalue weighted by molar-refractivity contribution is 0.101. The summed E-state index contributed by atoms with van der Waals surface area (Å²) in [5.74, 6) is 1.13. The summed E-state index contributed by atoms with van der Waals surface area (Å²) in [5, 5.41) is 3.62. The van der Waals surface area contributed by atoms with Crippen LogP contribution < -0.4 is 5.32 Å². The van der Waals surface area contributed by atoms with E-state index in [1.54, 1.807) is 0 Å². The molecular weight excluding hydrogens is 346 g/mol. The predicted molar refractivity (Wildman–Crippen MR) is 95.2 cm³/mol. The summed E-state index contributed by atoms with van der Waals surface area (Å²) in [7, 11) is 0. The van der Waals surface area contributed by atoms with Gasteiger partial charge < -0.3 is 10.1 Å². The van der Waals surface area contributed by atoms with Crippen molar-refractivity contribution in [3.63, 3.8) is 0 Å². The second-order valence-electron chi connectivity index (χ2n) is 5.56. The first kappa shape index (κ1) is 17.3. The number of nitrogens with one attached hydrogen (secondary N) is 1. The molecule has 1 N–H and O–H groups in total. The molecule has 0 bridgehead atoms. The summed E-state index contributed by atoms with van der Waals surface area (Å²) in [5.41, 5.74) is 0. The topological polar surface area (TPSA) is 21.3 Å². The Balaban J connectivity index is 1.71. The van der Waals surface area contributed by atoms with Crippen LogP contribution in [0.2, 0.25) is 0 Å². The van der Waals surface area contributed by atoms with Crippen LogP contribution in [0.4, 0.5) is 0 Å². The van der Waals surface area contributed by atoms with E-state index in [1.165, 1.54) is 41.5 Å². The van der Waals surface area contributed by atoms with Crippen LogP contribution in [0, 0.1) is 0 Å². The highest BCUT2D eigenvalue weighted by Gasteiger charge is 2.16. The van der Waals surface area contributed by atoms with Crippen molar-refractivity contribution in [2.75, 3.05) is 18.9 Å². The van der Waals surface area contributed by atoms with Gasteiger partial charge in [-0.1, -0.05) is 19.1 Å². The zero-order chi connectivity index (χ0) is 14.9. The summed E-state index contributed by atoms with van der Waals surface area (Å²) < 4.78 is 6.91. The van der Waals surface area contributed by atoms with Crippen LogP contribution in [0.25, 0.3) is 0 Å². The van der Waals surface area contributed by atoms with Crippen LogP contribution in [0.1, 0.15) is 39.0 Å². The molecule has 1 aromatic rings. The molecule has 2 unspecified atom stereocenters. The second-order valence-corrected chi connectivity index (χ2v) is 7.48. The van der Waals surface area contributed by atoms with Gasteiger partial charge in [0.1, 0.15) is 0 Å². The highest BCUT2D eigenvalue weighted by Crippen LogP contribution is 2.28. The third-order valence-electron chi connectivity index (χ3n) is 3.87. The third kappa shape index (κ3) is 6.31. The van der Waals surface area contributed by atoms with Gasteiger partial charge in [0.15, 0.2) is 0 Å². The van der Waals surface area contributed by atoms with Gasteiger partial charge in [0.2, 0.25) is 0 Å². The Bertz CT molecular complexity index is 410. The van der Waals surface area contributed by atoms with E-state index >= 15 is 0 Å². The first-order chi connectivity index (χ1) is 10.3. The highest BCUT2D eigenvalue weighted by atomic mass is 79.9. The Morgan fingerprint density at radius 1 is 1.43 bits per heavy atom. The second kappa shape index (κ2) is 9.88. The van der Waals surface area contributed by atoms with Gasteiger partial charge in [-0.05, 0) is 66.7 Å². The minimum absolute atomic E-state index is 0.531. The molecule has 1 fully saturated rings. The van der Waals surface area contributed by atoms with Gasteiger partial charge in [0, 0.05) is 27.8 Å². The Morgan fingerprint density at radius 2 is 2.29 bits per heavy atom. The summed E-state index contributed by atoms with van der Waals surface area (Å²) in [4.78, 5) is 1.33. The molecule has 0 aliphatic carbocycles. The van der Waals surface area contributed by atoms with Crippen molar-refractivity contribution >= 4 is 27.7 Å². The average Bonchev–Trinajstić information content (AvgIpc) is 2.99. The zero-order valence-electron chi connectivity index (χ0n) is 12.8. The van der Waals surface area contributed by atoms with E-state index in [2.05, 4.69) is 52.4 Å². The Labute approximate surface area is 141 Å². The lowest BCUT2D eigenvalue weighted by Crippen LogP contribution is -2.31. The molecule has 0 spiro atoms. The lowest BCUT2D eigenvalue weighted by atomic mass is 10.1. The zero-order valence-corrected chi connectivity index (χ0v) is 15.2. The van der Waals surface area contributed by atoms with Gasteiger partial charge in [0.25, 0.3) is 0 Å². The van der Waals surface area contributed by atoms with Gasteiger partial charge in [-0.2, -0.15) is 0 Å². The van der Waals surface area contributed by atoms with Gasteiger partial charge in [-0.15, -0.1) is 11.8 Å². The molecule has 1 aromatic carbocycles. The quantitative estimate of drug-likeness (QED) is 0.625. The van der Waals surface area contributed by atoms with Crippen molar-refractivity contribution in [1.29, 1.82) is 0 Å². The SMILES string of the molecule is CCNC(CCCC1CCCO1)CSc1ccccc1Br. The first-order valence-corrected chi connectivity index (χ1v) is 9.79. The molecular formula is C17H26BrNOS. The Morgan fingerprint density at radius 3 is 3.00 bits per heavy atom. The maximum Gasteiger partial charge on any atom is 0.0576 e. The Kier molecular flexibility index (Phi) is 8.15. The molecule has 0 amide bonds. The van der Waals surface area contributed by atoms with Crippen molar-refractivity contribution in [3.8, 4) is 0 Å². The average molecular weight is 372 g/mol. The molecule has 2 nitrogen and oxygen atoms in total. The number of benzene rings is 1. The van der Waals surface area contributed by atoms with Gasteiger partial charge in [0.05, 0.1) is 6.10 Å². The van der Waals surface area contributed by atoms with Gasteiger partial charge >= 0.3 is 0 Å². The van der Waals surface area contributed by atoms with Crippen molar-refractivity contribution < 1.29 is 4.74 Å². The minimum atomic E-state index is 0.531. The molecule has 2 rings (SSSR count). The van der Waals surface area contributed by atoms with E-state index in [0.29, 0.717) is 12.1 Å². The fourth-order valence-electron chi connectivity index (χ4n) is 2.75. The summed E-state index contributed by atoms with van der Waals surface area (Å²) in [6.45, 7) is 4.20. The number of hydrogen-bond donors (Lipinski definition) is 1. The number of ether oxygens (including phenoxy) is 1. The van der Waals surface area contributed by atoms with Crippen molar-refractivity contribution in [3.05, 3.63) is 28.7 Å². The van der Waals surface area contributed by atoms with Crippen LogP contribution in [0.15, 0.2) is 33.6 Å². The highest BCUT2D eigenvalue weighted by molar-refractivity contribution is 9.10. The molecule has 1 saturated heterocycles. The van der Waals surface area contributed by atoms with Crippen molar-refractivity contribution in [2.45, 2.75) is 56.1 Å².